The highest BCUT2D eigenvalue weighted by Crippen LogP contribution is 2.59. The molecule has 6 heteroatoms. The van der Waals surface area contributed by atoms with Crippen LogP contribution in [0.15, 0.2) is 18.2 Å². The van der Waals surface area contributed by atoms with Gasteiger partial charge in [0.1, 0.15) is 11.6 Å². The quantitative estimate of drug-likeness (QED) is 0.829. The zero-order valence-corrected chi connectivity index (χ0v) is 9.19. The lowest BCUT2D eigenvalue weighted by Crippen LogP contribution is -2.35. The number of fused-ring (bicyclic) bond motifs is 1. The summed E-state index contributed by atoms with van der Waals surface area (Å²) in [6, 6.07) is 3.09. The molecular formula is C12H9F2NO3. The van der Waals surface area contributed by atoms with Crippen LogP contribution in [0.1, 0.15) is 12.0 Å². The predicted molar refractivity (Wildman–Crippen MR) is 55.9 cm³/mol. The van der Waals surface area contributed by atoms with Crippen molar-refractivity contribution in [2.75, 3.05) is 6.54 Å². The van der Waals surface area contributed by atoms with Crippen LogP contribution in [0.5, 0.6) is 0 Å². The second-order valence-electron chi connectivity index (χ2n) is 4.78. The summed E-state index contributed by atoms with van der Waals surface area (Å²) in [6.07, 6.45) is -0.859. The van der Waals surface area contributed by atoms with Gasteiger partial charge in [-0.3, -0.25) is 4.79 Å². The Bertz CT molecular complexity index is 554. The van der Waals surface area contributed by atoms with Crippen LogP contribution >= 0.6 is 0 Å². The molecule has 0 aromatic heterocycles. The number of hydrogen-bond donors (Lipinski definition) is 1. The molecule has 0 spiro atoms. The van der Waals surface area contributed by atoms with E-state index in [1.807, 2.05) is 0 Å². The molecule has 1 aliphatic carbocycles. The number of imide groups is 1. The molecule has 1 aromatic carbocycles. The second-order valence-corrected chi connectivity index (χ2v) is 4.78. The van der Waals surface area contributed by atoms with Crippen LogP contribution in [-0.4, -0.2) is 28.6 Å². The van der Waals surface area contributed by atoms with Crippen LogP contribution in [0.2, 0.25) is 0 Å². The van der Waals surface area contributed by atoms with Crippen LogP contribution in [0.25, 0.3) is 0 Å². The first kappa shape index (κ1) is 11.1. The molecule has 1 saturated carbocycles. The van der Waals surface area contributed by atoms with E-state index in [1.54, 1.807) is 0 Å². The number of amides is 2. The monoisotopic (exact) mass is 253 g/mol. The maximum Gasteiger partial charge on any atom is 0.414 e. The van der Waals surface area contributed by atoms with E-state index in [0.29, 0.717) is 12.0 Å². The molecule has 0 radical (unpaired) electrons. The van der Waals surface area contributed by atoms with Gasteiger partial charge in [-0.25, -0.2) is 18.5 Å². The number of nitrogens with zero attached hydrogens (tertiary/aromatic N) is 1. The van der Waals surface area contributed by atoms with E-state index in [2.05, 4.69) is 0 Å². The Labute approximate surface area is 101 Å². The van der Waals surface area contributed by atoms with E-state index in [-0.39, 0.29) is 6.54 Å². The predicted octanol–water partition coefficient (Wildman–Crippen LogP) is 1.74. The zero-order valence-electron chi connectivity index (χ0n) is 9.19. The number of halogens is 2. The number of likely N-dealkylation sites (tertiary alicyclic amines) is 1. The summed E-state index contributed by atoms with van der Waals surface area (Å²) in [4.78, 5) is 23.3. The van der Waals surface area contributed by atoms with Gasteiger partial charge in [0.15, 0.2) is 0 Å². The molecule has 0 bridgehead atoms. The molecule has 94 valence electrons. The number of rotatable bonds is 1. The average molecular weight is 253 g/mol. The number of benzene rings is 1. The largest absolute Gasteiger partial charge is 0.465 e. The van der Waals surface area contributed by atoms with Gasteiger partial charge in [0.05, 0.1) is 5.92 Å². The number of carbonyl (C=O) groups excluding carboxylic acids is 1. The fourth-order valence-electron chi connectivity index (χ4n) is 2.77. The molecule has 2 aliphatic rings. The van der Waals surface area contributed by atoms with Crippen molar-refractivity contribution < 1.29 is 23.5 Å². The standard InChI is InChI=1S/C12H9F2NO3/c13-7-1-6(2-8(14)3-7)12-4-9(12)10(16)15(5-12)11(17)18/h1-3,9H,4-5H2,(H,17,18). The highest BCUT2D eigenvalue weighted by Gasteiger charge is 2.67. The minimum absolute atomic E-state index is 0.0191. The van der Waals surface area contributed by atoms with Gasteiger partial charge in [0, 0.05) is 18.0 Å². The van der Waals surface area contributed by atoms with Crippen molar-refractivity contribution >= 4 is 12.0 Å². The van der Waals surface area contributed by atoms with E-state index >= 15 is 0 Å². The van der Waals surface area contributed by atoms with Crippen LogP contribution in [0.4, 0.5) is 13.6 Å². The summed E-state index contributed by atoms with van der Waals surface area (Å²) in [6.45, 7) is -0.0191. The Hall–Kier alpha value is -1.98. The van der Waals surface area contributed by atoms with Crippen molar-refractivity contribution in [1.29, 1.82) is 0 Å². The number of hydrogen-bond acceptors (Lipinski definition) is 2. The van der Waals surface area contributed by atoms with Crippen LogP contribution in [0.3, 0.4) is 0 Å². The summed E-state index contributed by atoms with van der Waals surface area (Å²) >= 11 is 0. The van der Waals surface area contributed by atoms with E-state index in [1.165, 1.54) is 12.1 Å². The number of carboxylic acid groups (broad SMARTS) is 1. The van der Waals surface area contributed by atoms with Crippen molar-refractivity contribution in [3.05, 3.63) is 35.4 Å². The van der Waals surface area contributed by atoms with E-state index in [4.69, 9.17) is 5.11 Å². The smallest absolute Gasteiger partial charge is 0.414 e. The maximum atomic E-state index is 13.2. The third-order valence-corrected chi connectivity index (χ3v) is 3.75. The van der Waals surface area contributed by atoms with Gasteiger partial charge >= 0.3 is 6.09 Å². The van der Waals surface area contributed by atoms with Gasteiger partial charge in [-0.1, -0.05) is 0 Å². The van der Waals surface area contributed by atoms with Crippen LogP contribution in [-0.2, 0) is 10.2 Å². The molecule has 2 unspecified atom stereocenters. The molecule has 1 heterocycles. The Balaban J connectivity index is 1.99. The van der Waals surface area contributed by atoms with Crippen molar-refractivity contribution in [2.45, 2.75) is 11.8 Å². The van der Waals surface area contributed by atoms with Gasteiger partial charge < -0.3 is 5.11 Å². The van der Waals surface area contributed by atoms with Crippen molar-refractivity contribution in [2.24, 2.45) is 5.92 Å². The maximum absolute atomic E-state index is 13.2. The Morgan fingerprint density at radius 2 is 1.94 bits per heavy atom. The van der Waals surface area contributed by atoms with Gasteiger partial charge in [-0.2, -0.15) is 0 Å². The summed E-state index contributed by atoms with van der Waals surface area (Å²) in [5.74, 6) is -2.38. The van der Waals surface area contributed by atoms with Crippen LogP contribution < -0.4 is 0 Å². The number of piperidine rings is 1. The molecule has 3 rings (SSSR count). The molecule has 2 amide bonds. The SMILES string of the molecule is O=C(O)N1CC2(c3cc(F)cc(F)c3)CC2C1=O. The zero-order chi connectivity index (χ0) is 13.1. The Morgan fingerprint density at radius 3 is 2.44 bits per heavy atom. The first-order valence-corrected chi connectivity index (χ1v) is 5.45. The lowest BCUT2D eigenvalue weighted by Gasteiger charge is -2.16. The summed E-state index contributed by atoms with van der Waals surface area (Å²) in [5.41, 5.74) is -0.361. The summed E-state index contributed by atoms with van der Waals surface area (Å²) in [7, 11) is 0. The lowest BCUT2D eigenvalue weighted by molar-refractivity contribution is -0.128. The molecule has 1 N–H and O–H groups in total. The van der Waals surface area contributed by atoms with Crippen molar-refractivity contribution in [1.82, 2.24) is 4.90 Å². The molecule has 2 fully saturated rings. The van der Waals surface area contributed by atoms with Gasteiger partial charge in [0.2, 0.25) is 5.91 Å². The molecule has 1 aliphatic heterocycles. The third-order valence-electron chi connectivity index (χ3n) is 3.75. The number of carbonyl (C=O) groups is 2. The minimum atomic E-state index is -1.32. The highest BCUT2D eigenvalue weighted by molar-refractivity contribution is 5.98. The fourth-order valence-corrected chi connectivity index (χ4v) is 2.77. The van der Waals surface area contributed by atoms with E-state index < -0.39 is 35.0 Å². The molecule has 2 atom stereocenters. The topological polar surface area (TPSA) is 57.6 Å². The second kappa shape index (κ2) is 3.28. The highest BCUT2D eigenvalue weighted by atomic mass is 19.1. The molecule has 1 saturated heterocycles. The Kier molecular flexibility index (Phi) is 2.03. The summed E-state index contributed by atoms with van der Waals surface area (Å²) in [5, 5.41) is 8.85. The summed E-state index contributed by atoms with van der Waals surface area (Å²) < 4.78 is 26.3. The van der Waals surface area contributed by atoms with E-state index in [0.717, 1.165) is 11.0 Å². The van der Waals surface area contributed by atoms with Gasteiger partial charge in [-0.15, -0.1) is 0 Å². The molecule has 1 aromatic rings. The van der Waals surface area contributed by atoms with Crippen LogP contribution in [0, 0.1) is 17.6 Å². The average Bonchev–Trinajstić information content (AvgIpc) is 2.93. The van der Waals surface area contributed by atoms with E-state index in [9.17, 15) is 18.4 Å². The first-order chi connectivity index (χ1) is 8.44. The first-order valence-electron chi connectivity index (χ1n) is 5.45. The molecule has 18 heavy (non-hydrogen) atoms. The minimum Gasteiger partial charge on any atom is -0.465 e. The van der Waals surface area contributed by atoms with Crippen molar-refractivity contribution in [3.63, 3.8) is 0 Å². The molecule has 4 nitrogen and oxygen atoms in total. The molecular weight excluding hydrogens is 244 g/mol. The van der Waals surface area contributed by atoms with Gasteiger partial charge in [0.25, 0.3) is 0 Å². The third kappa shape index (κ3) is 1.35. The normalized spacial score (nSPS) is 29.3. The van der Waals surface area contributed by atoms with Crippen molar-refractivity contribution in [3.8, 4) is 0 Å². The van der Waals surface area contributed by atoms with Gasteiger partial charge in [-0.05, 0) is 24.1 Å². The fraction of sp³-hybridized carbons (Fsp3) is 0.333. The lowest BCUT2D eigenvalue weighted by atomic mass is 9.95. The Morgan fingerprint density at radius 1 is 1.33 bits per heavy atom.